The Hall–Kier alpha value is -2.54. The number of rotatable bonds is 4. The highest BCUT2D eigenvalue weighted by molar-refractivity contribution is 5.81. The summed E-state index contributed by atoms with van der Waals surface area (Å²) in [5.41, 5.74) is 11.3. The van der Waals surface area contributed by atoms with Crippen LogP contribution in [-0.4, -0.2) is 0 Å². The summed E-state index contributed by atoms with van der Waals surface area (Å²) in [7, 11) is 0. The Balaban J connectivity index is 2.54. The van der Waals surface area contributed by atoms with E-state index in [0.717, 1.165) is 22.4 Å². The molecule has 2 aromatic carbocycles. The quantitative estimate of drug-likeness (QED) is 0.602. The minimum Gasteiger partial charge on any atom is -0.399 e. The third-order valence-corrected chi connectivity index (χ3v) is 3.04. The normalized spacial score (nSPS) is 11.8. The number of nitrogen functional groups attached to an aromatic ring is 1. The van der Waals surface area contributed by atoms with Crippen molar-refractivity contribution in [3.05, 3.63) is 85.0 Å². The van der Waals surface area contributed by atoms with E-state index in [0.29, 0.717) is 0 Å². The largest absolute Gasteiger partial charge is 0.399 e. The highest BCUT2D eigenvalue weighted by atomic mass is 14.5. The lowest BCUT2D eigenvalue weighted by molar-refractivity contribution is 1.57. The van der Waals surface area contributed by atoms with Crippen LogP contribution in [0.15, 0.2) is 79.4 Å². The van der Waals surface area contributed by atoms with Crippen molar-refractivity contribution in [1.29, 1.82) is 0 Å². The Morgan fingerprint density at radius 1 is 1.05 bits per heavy atom. The zero-order valence-corrected chi connectivity index (χ0v) is 11.7. The zero-order valence-electron chi connectivity index (χ0n) is 11.7. The monoisotopic (exact) mass is 261 g/mol. The minimum absolute atomic E-state index is 0.765. The van der Waals surface area contributed by atoms with Gasteiger partial charge in [-0.1, -0.05) is 61.2 Å². The number of benzene rings is 2. The molecule has 1 nitrogen and oxygen atoms in total. The van der Waals surface area contributed by atoms with Crippen LogP contribution in [0.1, 0.15) is 12.5 Å². The van der Waals surface area contributed by atoms with Crippen LogP contribution in [0, 0.1) is 0 Å². The van der Waals surface area contributed by atoms with Gasteiger partial charge in [-0.05, 0) is 47.4 Å². The number of nitrogens with two attached hydrogens (primary N) is 1. The summed E-state index contributed by atoms with van der Waals surface area (Å²) < 4.78 is 0. The van der Waals surface area contributed by atoms with Crippen molar-refractivity contribution >= 4 is 11.3 Å². The number of anilines is 1. The van der Waals surface area contributed by atoms with Crippen molar-refractivity contribution in [2.24, 2.45) is 0 Å². The summed E-state index contributed by atoms with van der Waals surface area (Å²) >= 11 is 0. The summed E-state index contributed by atoms with van der Waals surface area (Å²) in [5.74, 6) is 0. The van der Waals surface area contributed by atoms with Gasteiger partial charge in [0.2, 0.25) is 0 Å². The molecule has 0 bridgehead atoms. The molecule has 1 heteroatoms. The van der Waals surface area contributed by atoms with Gasteiger partial charge in [0.05, 0.1) is 0 Å². The van der Waals surface area contributed by atoms with Gasteiger partial charge >= 0.3 is 0 Å². The van der Waals surface area contributed by atoms with Crippen molar-refractivity contribution in [2.75, 3.05) is 5.73 Å². The third kappa shape index (κ3) is 3.27. The van der Waals surface area contributed by atoms with Crippen LogP contribution in [0.5, 0.6) is 0 Å². The topological polar surface area (TPSA) is 26.0 Å². The molecule has 0 aliphatic carbocycles. The third-order valence-electron chi connectivity index (χ3n) is 3.04. The van der Waals surface area contributed by atoms with Crippen LogP contribution >= 0.6 is 0 Å². The van der Waals surface area contributed by atoms with Gasteiger partial charge in [0.15, 0.2) is 0 Å². The van der Waals surface area contributed by atoms with Crippen molar-refractivity contribution in [3.8, 4) is 11.1 Å². The Kier molecular flexibility index (Phi) is 4.56. The summed E-state index contributed by atoms with van der Waals surface area (Å²) in [4.78, 5) is 0. The van der Waals surface area contributed by atoms with Crippen LogP contribution < -0.4 is 5.73 Å². The van der Waals surface area contributed by atoms with Gasteiger partial charge in [0.25, 0.3) is 0 Å². The molecule has 0 amide bonds. The second-order valence-corrected chi connectivity index (χ2v) is 4.57. The number of allylic oxidation sites excluding steroid dienone is 5. The van der Waals surface area contributed by atoms with E-state index in [1.165, 1.54) is 5.56 Å². The number of hydrogen-bond donors (Lipinski definition) is 1. The van der Waals surface area contributed by atoms with E-state index >= 15 is 0 Å². The molecule has 0 aliphatic rings. The molecule has 0 atom stereocenters. The molecule has 0 fully saturated rings. The van der Waals surface area contributed by atoms with Gasteiger partial charge in [0, 0.05) is 5.69 Å². The van der Waals surface area contributed by atoms with Crippen LogP contribution in [0.25, 0.3) is 16.7 Å². The molecule has 2 aromatic rings. The van der Waals surface area contributed by atoms with Crippen LogP contribution in [0.3, 0.4) is 0 Å². The molecule has 100 valence electrons. The summed E-state index contributed by atoms with van der Waals surface area (Å²) in [6, 6.07) is 16.4. The fourth-order valence-electron chi connectivity index (χ4n) is 2.17. The highest BCUT2D eigenvalue weighted by Gasteiger charge is 2.04. The maximum atomic E-state index is 6.05. The molecule has 0 aliphatic heterocycles. The predicted octanol–water partition coefficient (Wildman–Crippen LogP) is 5.08. The molecule has 0 spiro atoms. The average molecular weight is 261 g/mol. The molecule has 0 aromatic heterocycles. The van der Waals surface area contributed by atoms with E-state index in [2.05, 4.69) is 30.9 Å². The van der Waals surface area contributed by atoms with Crippen molar-refractivity contribution < 1.29 is 0 Å². The lowest BCUT2D eigenvalue weighted by Gasteiger charge is -2.09. The first-order valence-electron chi connectivity index (χ1n) is 6.66. The van der Waals surface area contributed by atoms with Gasteiger partial charge in [-0.2, -0.15) is 0 Å². The molecule has 0 radical (unpaired) electrons. The van der Waals surface area contributed by atoms with Crippen LogP contribution in [-0.2, 0) is 0 Å². The van der Waals surface area contributed by atoms with Gasteiger partial charge in [0.1, 0.15) is 0 Å². The smallest absolute Gasteiger partial charge is 0.0326 e. The fraction of sp³-hybridized carbons (Fsp3) is 0.0526. The standard InChI is InChI=1S/C19H19N/c1-3-8-15(9-4-2)17-12-18(14-19(20)13-17)16-10-6-5-7-11-16/h3-14H,1,20H2,2H3/b9-4-,15-8+. The van der Waals surface area contributed by atoms with E-state index < -0.39 is 0 Å². The summed E-state index contributed by atoms with van der Waals surface area (Å²) in [6.45, 7) is 5.77. The lowest BCUT2D eigenvalue weighted by atomic mass is 9.97. The maximum Gasteiger partial charge on any atom is 0.0326 e. The Bertz CT molecular complexity index is 649. The molecular weight excluding hydrogens is 242 g/mol. The zero-order chi connectivity index (χ0) is 14.4. The molecular formula is C19H19N. The van der Waals surface area contributed by atoms with Gasteiger partial charge in [-0.25, -0.2) is 0 Å². The minimum atomic E-state index is 0.765. The van der Waals surface area contributed by atoms with E-state index in [1.54, 1.807) is 6.08 Å². The number of hydrogen-bond acceptors (Lipinski definition) is 1. The SMILES string of the molecule is C=C/C=C(\C=C/C)c1cc(N)cc(-c2ccccc2)c1. The first kappa shape index (κ1) is 13.9. The summed E-state index contributed by atoms with van der Waals surface area (Å²) in [6.07, 6.45) is 7.86. The van der Waals surface area contributed by atoms with Gasteiger partial charge < -0.3 is 5.73 Å². The second kappa shape index (κ2) is 6.58. The van der Waals surface area contributed by atoms with Crippen LogP contribution in [0.2, 0.25) is 0 Å². The Morgan fingerprint density at radius 3 is 2.45 bits per heavy atom. The Labute approximate surface area is 120 Å². The predicted molar refractivity (Wildman–Crippen MR) is 89.3 cm³/mol. The average Bonchev–Trinajstić information content (AvgIpc) is 2.47. The van der Waals surface area contributed by atoms with Gasteiger partial charge in [-0.15, -0.1) is 0 Å². The van der Waals surface area contributed by atoms with Crippen LogP contribution in [0.4, 0.5) is 5.69 Å². The van der Waals surface area contributed by atoms with E-state index in [9.17, 15) is 0 Å². The van der Waals surface area contributed by atoms with Crippen molar-refractivity contribution in [2.45, 2.75) is 6.92 Å². The van der Waals surface area contributed by atoms with Crippen molar-refractivity contribution in [3.63, 3.8) is 0 Å². The molecule has 2 rings (SSSR count). The molecule has 2 N–H and O–H groups in total. The Morgan fingerprint density at radius 2 is 1.80 bits per heavy atom. The molecule has 0 heterocycles. The highest BCUT2D eigenvalue weighted by Crippen LogP contribution is 2.27. The van der Waals surface area contributed by atoms with Crippen molar-refractivity contribution in [1.82, 2.24) is 0 Å². The first-order valence-corrected chi connectivity index (χ1v) is 6.66. The first-order chi connectivity index (χ1) is 9.74. The summed E-state index contributed by atoms with van der Waals surface area (Å²) in [5, 5.41) is 0. The maximum absolute atomic E-state index is 6.05. The van der Waals surface area contributed by atoms with Gasteiger partial charge in [-0.3, -0.25) is 0 Å². The van der Waals surface area contributed by atoms with E-state index in [1.807, 2.05) is 49.4 Å². The van der Waals surface area contributed by atoms with E-state index in [4.69, 9.17) is 5.73 Å². The molecule has 0 unspecified atom stereocenters. The fourth-order valence-corrected chi connectivity index (χ4v) is 2.17. The molecule has 0 saturated carbocycles. The van der Waals surface area contributed by atoms with E-state index in [-0.39, 0.29) is 0 Å². The lowest BCUT2D eigenvalue weighted by Crippen LogP contribution is -1.90. The molecule has 0 saturated heterocycles. The molecule has 20 heavy (non-hydrogen) atoms. The second-order valence-electron chi connectivity index (χ2n) is 4.57.